The van der Waals surface area contributed by atoms with E-state index in [1.165, 1.54) is 6.92 Å². The van der Waals surface area contributed by atoms with Crippen LogP contribution in [0.25, 0.3) is 0 Å². The topological polar surface area (TPSA) is 67.9 Å². The number of rotatable bonds is 10. The number of nitrogens with zero attached hydrogens (tertiary/aromatic N) is 1. The third-order valence-electron chi connectivity index (χ3n) is 4.53. The Bertz CT molecular complexity index is 799. The van der Waals surface area contributed by atoms with Crippen LogP contribution in [-0.2, 0) is 0 Å². The summed E-state index contributed by atoms with van der Waals surface area (Å²) in [7, 11) is 1.58. The molecular weight excluding hydrogens is 356 g/mol. The molecule has 0 aliphatic carbocycles. The maximum atomic E-state index is 12.5. The van der Waals surface area contributed by atoms with Gasteiger partial charge in [0.25, 0.3) is 5.91 Å². The minimum Gasteiger partial charge on any atom is -0.493 e. The van der Waals surface area contributed by atoms with Gasteiger partial charge in [-0.05, 0) is 44.3 Å². The first-order chi connectivity index (χ1) is 13.5. The van der Waals surface area contributed by atoms with Crippen molar-refractivity contribution in [3.8, 4) is 11.5 Å². The molecular formula is C22H28N2O4. The molecule has 0 bridgehead atoms. The zero-order valence-electron chi connectivity index (χ0n) is 17.0. The lowest BCUT2D eigenvalue weighted by atomic mass is 10.1. The largest absolute Gasteiger partial charge is 0.493 e. The van der Waals surface area contributed by atoms with E-state index in [1.807, 2.05) is 0 Å². The Morgan fingerprint density at radius 1 is 0.964 bits per heavy atom. The molecule has 1 N–H and O–H groups in total. The first kappa shape index (κ1) is 21.4. The van der Waals surface area contributed by atoms with Crippen LogP contribution in [-0.4, -0.2) is 49.9 Å². The van der Waals surface area contributed by atoms with Gasteiger partial charge in [-0.3, -0.25) is 9.59 Å². The van der Waals surface area contributed by atoms with Gasteiger partial charge in [-0.2, -0.15) is 0 Å². The van der Waals surface area contributed by atoms with E-state index in [9.17, 15) is 9.59 Å². The van der Waals surface area contributed by atoms with Gasteiger partial charge in [0.1, 0.15) is 6.61 Å². The van der Waals surface area contributed by atoms with E-state index >= 15 is 0 Å². The van der Waals surface area contributed by atoms with Crippen molar-refractivity contribution in [3.05, 3.63) is 53.6 Å². The minimum atomic E-state index is -0.255. The molecule has 0 aromatic heterocycles. The predicted molar refractivity (Wildman–Crippen MR) is 111 cm³/mol. The lowest BCUT2D eigenvalue weighted by Gasteiger charge is -2.19. The van der Waals surface area contributed by atoms with E-state index in [-0.39, 0.29) is 11.7 Å². The van der Waals surface area contributed by atoms with Crippen LogP contribution in [0, 0.1) is 0 Å². The van der Waals surface area contributed by atoms with Gasteiger partial charge in [0.05, 0.1) is 7.11 Å². The number of methoxy groups -OCH3 is 1. The fraction of sp³-hybridized carbons (Fsp3) is 0.364. The third-order valence-corrected chi connectivity index (χ3v) is 4.53. The van der Waals surface area contributed by atoms with Crippen LogP contribution in [0.4, 0.5) is 5.69 Å². The highest BCUT2D eigenvalue weighted by molar-refractivity contribution is 6.05. The fourth-order valence-electron chi connectivity index (χ4n) is 2.75. The Morgan fingerprint density at radius 2 is 1.61 bits per heavy atom. The number of hydrogen-bond acceptors (Lipinski definition) is 5. The van der Waals surface area contributed by atoms with Crippen molar-refractivity contribution in [1.29, 1.82) is 0 Å². The number of amides is 1. The number of likely N-dealkylation sites (N-methyl/N-ethyl adjacent to an activating group) is 1. The molecule has 0 radical (unpaired) electrons. The summed E-state index contributed by atoms with van der Waals surface area (Å²) >= 11 is 0. The highest BCUT2D eigenvalue weighted by atomic mass is 16.5. The van der Waals surface area contributed by atoms with Crippen molar-refractivity contribution in [1.82, 2.24) is 4.90 Å². The summed E-state index contributed by atoms with van der Waals surface area (Å²) < 4.78 is 11.2. The van der Waals surface area contributed by atoms with Crippen LogP contribution in [0.2, 0.25) is 0 Å². The summed E-state index contributed by atoms with van der Waals surface area (Å²) in [6, 6.07) is 11.8. The van der Waals surface area contributed by atoms with Gasteiger partial charge in [-0.15, -0.1) is 0 Å². The van der Waals surface area contributed by atoms with Crippen LogP contribution in [0.3, 0.4) is 0 Å². The van der Waals surface area contributed by atoms with Crippen LogP contribution in [0.15, 0.2) is 42.5 Å². The number of carbonyl (C=O) groups is 2. The van der Waals surface area contributed by atoms with E-state index in [1.54, 1.807) is 49.6 Å². The smallest absolute Gasteiger partial charge is 0.255 e. The number of Topliss-reactive ketones (excluding diaryl/α,β-unsaturated/α-hetero) is 1. The van der Waals surface area contributed by atoms with E-state index < -0.39 is 0 Å². The summed E-state index contributed by atoms with van der Waals surface area (Å²) in [5.74, 6) is 0.908. The summed E-state index contributed by atoms with van der Waals surface area (Å²) in [4.78, 5) is 26.1. The molecule has 0 atom stereocenters. The average Bonchev–Trinajstić information content (AvgIpc) is 2.71. The maximum Gasteiger partial charge on any atom is 0.255 e. The highest BCUT2D eigenvalue weighted by Crippen LogP contribution is 2.30. The average molecular weight is 384 g/mol. The standard InChI is InChI=1S/C22H28N2O4/c1-5-24(6-2)13-14-28-21-15-19(11-12-20(21)27-4)23-22(26)18-9-7-17(8-10-18)16(3)25/h7-12,15H,5-6,13-14H2,1-4H3,(H,23,26). The van der Waals surface area contributed by atoms with Gasteiger partial charge in [0.15, 0.2) is 17.3 Å². The highest BCUT2D eigenvalue weighted by Gasteiger charge is 2.11. The Hall–Kier alpha value is -2.86. The lowest BCUT2D eigenvalue weighted by Crippen LogP contribution is -2.28. The molecule has 2 aromatic rings. The second kappa shape index (κ2) is 10.5. The van der Waals surface area contributed by atoms with Crippen molar-refractivity contribution >= 4 is 17.4 Å². The van der Waals surface area contributed by atoms with Crippen molar-refractivity contribution < 1.29 is 19.1 Å². The number of benzene rings is 2. The summed E-state index contributed by atoms with van der Waals surface area (Å²) in [6.07, 6.45) is 0. The molecule has 2 aromatic carbocycles. The minimum absolute atomic E-state index is 0.0337. The Morgan fingerprint density at radius 3 is 2.18 bits per heavy atom. The van der Waals surface area contributed by atoms with Gasteiger partial charge in [-0.25, -0.2) is 0 Å². The van der Waals surface area contributed by atoms with E-state index in [4.69, 9.17) is 9.47 Å². The number of ketones is 1. The van der Waals surface area contributed by atoms with Gasteiger partial charge >= 0.3 is 0 Å². The number of hydrogen-bond donors (Lipinski definition) is 1. The molecule has 2 rings (SSSR count). The molecule has 6 heteroatoms. The second-order valence-corrected chi connectivity index (χ2v) is 6.33. The van der Waals surface area contributed by atoms with E-state index in [0.29, 0.717) is 34.9 Å². The SMILES string of the molecule is CCN(CC)CCOc1cc(NC(=O)c2ccc(C(C)=O)cc2)ccc1OC. The first-order valence-corrected chi connectivity index (χ1v) is 9.44. The van der Waals surface area contributed by atoms with Crippen LogP contribution >= 0.6 is 0 Å². The molecule has 0 aliphatic rings. The molecule has 150 valence electrons. The van der Waals surface area contributed by atoms with Crippen molar-refractivity contribution in [2.24, 2.45) is 0 Å². The zero-order valence-corrected chi connectivity index (χ0v) is 17.0. The molecule has 0 spiro atoms. The lowest BCUT2D eigenvalue weighted by molar-refractivity contribution is 0.100. The van der Waals surface area contributed by atoms with Crippen molar-refractivity contribution in [2.75, 3.05) is 38.7 Å². The van der Waals surface area contributed by atoms with Crippen LogP contribution < -0.4 is 14.8 Å². The zero-order chi connectivity index (χ0) is 20.5. The van der Waals surface area contributed by atoms with Crippen molar-refractivity contribution in [3.63, 3.8) is 0 Å². The Labute approximate surface area is 166 Å². The predicted octanol–water partition coefficient (Wildman–Crippen LogP) is 3.87. The van der Waals surface area contributed by atoms with Crippen LogP contribution in [0.5, 0.6) is 11.5 Å². The summed E-state index contributed by atoms with van der Waals surface area (Å²) in [5, 5.41) is 2.85. The van der Waals surface area contributed by atoms with Crippen molar-refractivity contribution in [2.45, 2.75) is 20.8 Å². The van der Waals surface area contributed by atoms with E-state index in [0.717, 1.165) is 19.6 Å². The molecule has 0 fully saturated rings. The molecule has 0 saturated carbocycles. The number of anilines is 1. The maximum absolute atomic E-state index is 12.5. The molecule has 0 heterocycles. The Kier molecular flexibility index (Phi) is 8.02. The number of ether oxygens (including phenoxy) is 2. The van der Waals surface area contributed by atoms with Gasteiger partial charge in [0, 0.05) is 29.4 Å². The quantitative estimate of drug-likeness (QED) is 0.630. The van der Waals surface area contributed by atoms with Gasteiger partial charge in [-0.1, -0.05) is 26.0 Å². The van der Waals surface area contributed by atoms with E-state index in [2.05, 4.69) is 24.1 Å². The summed E-state index contributed by atoms with van der Waals surface area (Å²) in [6.45, 7) is 9.00. The van der Waals surface area contributed by atoms with Gasteiger partial charge in [0.2, 0.25) is 0 Å². The van der Waals surface area contributed by atoms with Crippen LogP contribution in [0.1, 0.15) is 41.5 Å². The molecule has 0 unspecified atom stereocenters. The summed E-state index contributed by atoms with van der Waals surface area (Å²) in [5.41, 5.74) is 1.66. The molecule has 28 heavy (non-hydrogen) atoms. The number of nitrogens with one attached hydrogen (secondary N) is 1. The molecule has 1 amide bonds. The van der Waals surface area contributed by atoms with Gasteiger partial charge < -0.3 is 19.7 Å². The fourth-order valence-corrected chi connectivity index (χ4v) is 2.75. The Balaban J connectivity index is 2.06. The molecule has 0 aliphatic heterocycles. The monoisotopic (exact) mass is 384 g/mol. The second-order valence-electron chi connectivity index (χ2n) is 6.33. The molecule has 0 saturated heterocycles. The third kappa shape index (κ3) is 5.82. The first-order valence-electron chi connectivity index (χ1n) is 9.44. The number of carbonyl (C=O) groups excluding carboxylic acids is 2. The molecule has 6 nitrogen and oxygen atoms in total. The normalized spacial score (nSPS) is 10.6.